The van der Waals surface area contributed by atoms with E-state index in [1.54, 1.807) is 32.4 Å². The van der Waals surface area contributed by atoms with Crippen LogP contribution in [0.3, 0.4) is 0 Å². The number of carbonyl (C=O) groups is 1. The SMILES string of the molecule is C#CC(=O)Nc1ccc(Nc2c(C)cccc2C)c(-c2cc(NC)c(=O)n(C)c2)c1. The molecule has 0 aliphatic carbocycles. The summed E-state index contributed by atoms with van der Waals surface area (Å²) in [4.78, 5) is 24.0. The van der Waals surface area contributed by atoms with E-state index in [9.17, 15) is 9.59 Å². The van der Waals surface area contributed by atoms with Crippen LogP contribution in [0.25, 0.3) is 11.1 Å². The van der Waals surface area contributed by atoms with Crippen LogP contribution in [0.1, 0.15) is 11.1 Å². The van der Waals surface area contributed by atoms with Gasteiger partial charge < -0.3 is 20.5 Å². The molecule has 152 valence electrons. The van der Waals surface area contributed by atoms with Crippen molar-refractivity contribution in [3.63, 3.8) is 0 Å². The normalized spacial score (nSPS) is 10.2. The lowest BCUT2D eigenvalue weighted by Gasteiger charge is -2.18. The van der Waals surface area contributed by atoms with E-state index in [-0.39, 0.29) is 5.56 Å². The zero-order valence-corrected chi connectivity index (χ0v) is 17.5. The number of aryl methyl sites for hydroxylation is 3. The highest BCUT2D eigenvalue weighted by molar-refractivity contribution is 6.04. The number of benzene rings is 2. The van der Waals surface area contributed by atoms with Crippen molar-refractivity contribution in [1.29, 1.82) is 0 Å². The lowest BCUT2D eigenvalue weighted by molar-refractivity contribution is -0.111. The lowest BCUT2D eigenvalue weighted by Crippen LogP contribution is -2.19. The van der Waals surface area contributed by atoms with E-state index in [2.05, 4.69) is 21.9 Å². The molecule has 6 nitrogen and oxygen atoms in total. The van der Waals surface area contributed by atoms with Crippen molar-refractivity contribution in [2.75, 3.05) is 23.0 Å². The highest BCUT2D eigenvalue weighted by atomic mass is 16.1. The molecule has 0 spiro atoms. The summed E-state index contributed by atoms with van der Waals surface area (Å²) in [5, 5.41) is 9.14. The number of aromatic nitrogens is 1. The highest BCUT2D eigenvalue weighted by Gasteiger charge is 2.13. The van der Waals surface area contributed by atoms with Crippen molar-refractivity contribution in [3.8, 4) is 23.5 Å². The van der Waals surface area contributed by atoms with E-state index in [0.29, 0.717) is 11.4 Å². The first-order valence-electron chi connectivity index (χ1n) is 9.47. The van der Waals surface area contributed by atoms with Crippen molar-refractivity contribution in [3.05, 3.63) is 70.1 Å². The summed E-state index contributed by atoms with van der Waals surface area (Å²) in [6, 6.07) is 13.4. The lowest BCUT2D eigenvalue weighted by atomic mass is 10.0. The molecule has 1 heterocycles. The summed E-state index contributed by atoms with van der Waals surface area (Å²) < 4.78 is 1.52. The Labute approximate surface area is 176 Å². The fourth-order valence-electron chi connectivity index (χ4n) is 3.32. The van der Waals surface area contributed by atoms with Gasteiger partial charge in [0.15, 0.2) is 0 Å². The zero-order chi connectivity index (χ0) is 21.8. The molecule has 0 aliphatic heterocycles. The molecule has 6 heteroatoms. The number of hydrogen-bond donors (Lipinski definition) is 3. The van der Waals surface area contributed by atoms with Crippen molar-refractivity contribution in [2.45, 2.75) is 13.8 Å². The van der Waals surface area contributed by atoms with Crippen LogP contribution < -0.4 is 21.5 Å². The monoisotopic (exact) mass is 400 g/mol. The molecule has 3 rings (SSSR count). The second-order valence-electron chi connectivity index (χ2n) is 7.06. The molecule has 0 unspecified atom stereocenters. The number of hydrogen-bond acceptors (Lipinski definition) is 4. The Kier molecular flexibility index (Phi) is 5.93. The Morgan fingerprint density at radius 2 is 1.77 bits per heavy atom. The summed E-state index contributed by atoms with van der Waals surface area (Å²) >= 11 is 0. The third-order valence-electron chi connectivity index (χ3n) is 4.91. The minimum absolute atomic E-state index is 0.123. The first-order chi connectivity index (χ1) is 14.3. The quantitative estimate of drug-likeness (QED) is 0.566. The molecule has 0 saturated carbocycles. The Balaban J connectivity index is 2.18. The average Bonchev–Trinajstić information content (AvgIpc) is 2.73. The molecule has 0 aliphatic rings. The van der Waals surface area contributed by atoms with Crippen LogP contribution in [0.2, 0.25) is 0 Å². The number of carbonyl (C=O) groups excluding carboxylic acids is 1. The molecular weight excluding hydrogens is 376 g/mol. The maximum Gasteiger partial charge on any atom is 0.300 e. The van der Waals surface area contributed by atoms with Gasteiger partial charge in [0.05, 0.1) is 0 Å². The van der Waals surface area contributed by atoms with Crippen molar-refractivity contribution < 1.29 is 4.79 Å². The molecule has 0 saturated heterocycles. The first kappa shape index (κ1) is 20.7. The van der Waals surface area contributed by atoms with Gasteiger partial charge in [0.2, 0.25) is 0 Å². The van der Waals surface area contributed by atoms with E-state index < -0.39 is 5.91 Å². The van der Waals surface area contributed by atoms with Crippen LogP contribution in [-0.4, -0.2) is 17.5 Å². The Morgan fingerprint density at radius 3 is 2.40 bits per heavy atom. The molecule has 0 atom stereocenters. The molecule has 2 aromatic carbocycles. The number of rotatable bonds is 5. The van der Waals surface area contributed by atoms with Gasteiger partial charge in [0.25, 0.3) is 11.5 Å². The molecule has 1 amide bonds. The van der Waals surface area contributed by atoms with E-state index in [4.69, 9.17) is 6.42 Å². The predicted molar refractivity (Wildman–Crippen MR) is 123 cm³/mol. The van der Waals surface area contributed by atoms with E-state index in [0.717, 1.165) is 33.6 Å². The number of terminal acetylenes is 1. The van der Waals surface area contributed by atoms with Crippen molar-refractivity contribution in [1.82, 2.24) is 4.57 Å². The Morgan fingerprint density at radius 1 is 1.07 bits per heavy atom. The topological polar surface area (TPSA) is 75.2 Å². The molecule has 3 N–H and O–H groups in total. The summed E-state index contributed by atoms with van der Waals surface area (Å²) in [6.45, 7) is 4.09. The largest absolute Gasteiger partial charge is 0.384 e. The van der Waals surface area contributed by atoms with Crippen LogP contribution in [0.4, 0.5) is 22.7 Å². The number of nitrogens with zero attached hydrogens (tertiary/aromatic N) is 1. The number of nitrogens with one attached hydrogen (secondary N) is 3. The van der Waals surface area contributed by atoms with Crippen LogP contribution in [0.15, 0.2) is 53.5 Å². The third-order valence-corrected chi connectivity index (χ3v) is 4.91. The van der Waals surface area contributed by atoms with Gasteiger partial charge in [-0.1, -0.05) is 18.2 Å². The molecule has 0 fully saturated rings. The maximum absolute atomic E-state index is 12.3. The molecule has 3 aromatic rings. The number of para-hydroxylation sites is 1. The van der Waals surface area contributed by atoms with Crippen LogP contribution >= 0.6 is 0 Å². The smallest absolute Gasteiger partial charge is 0.300 e. The maximum atomic E-state index is 12.3. The van der Waals surface area contributed by atoms with E-state index in [1.165, 1.54) is 4.57 Å². The van der Waals surface area contributed by atoms with Crippen molar-refractivity contribution >= 4 is 28.7 Å². The molecule has 0 bridgehead atoms. The number of pyridine rings is 1. The third kappa shape index (κ3) is 4.20. The van der Waals surface area contributed by atoms with Gasteiger partial charge in [-0.25, -0.2) is 0 Å². The minimum atomic E-state index is -0.521. The molecule has 30 heavy (non-hydrogen) atoms. The zero-order valence-electron chi connectivity index (χ0n) is 17.5. The molecule has 1 aromatic heterocycles. The number of anilines is 4. The summed E-state index contributed by atoms with van der Waals surface area (Å²) in [7, 11) is 3.41. The second kappa shape index (κ2) is 8.58. The fraction of sp³-hybridized carbons (Fsp3) is 0.167. The summed E-state index contributed by atoms with van der Waals surface area (Å²) in [5.41, 5.74) is 6.63. The summed E-state index contributed by atoms with van der Waals surface area (Å²) in [6.07, 6.45) is 6.95. The summed E-state index contributed by atoms with van der Waals surface area (Å²) in [5.74, 6) is 1.54. The van der Waals surface area contributed by atoms with Gasteiger partial charge in [-0.05, 0) is 55.2 Å². The van der Waals surface area contributed by atoms with Gasteiger partial charge in [0.1, 0.15) is 5.69 Å². The highest BCUT2D eigenvalue weighted by Crippen LogP contribution is 2.35. The first-order valence-corrected chi connectivity index (χ1v) is 9.47. The van der Waals surface area contributed by atoms with Gasteiger partial charge in [-0.15, -0.1) is 6.42 Å². The van der Waals surface area contributed by atoms with Crippen LogP contribution in [-0.2, 0) is 11.8 Å². The fourth-order valence-corrected chi connectivity index (χ4v) is 3.32. The van der Waals surface area contributed by atoms with Crippen molar-refractivity contribution in [2.24, 2.45) is 7.05 Å². The Hall–Kier alpha value is -3.98. The van der Waals surface area contributed by atoms with Gasteiger partial charge >= 0.3 is 0 Å². The minimum Gasteiger partial charge on any atom is -0.384 e. The molecule has 0 radical (unpaired) electrons. The van der Waals surface area contributed by atoms with Gasteiger partial charge in [-0.3, -0.25) is 9.59 Å². The predicted octanol–water partition coefficient (Wildman–Crippen LogP) is 4.03. The van der Waals surface area contributed by atoms with Gasteiger partial charge in [0, 0.05) is 48.5 Å². The standard InChI is InChI=1S/C24H24N4O2/c1-6-22(29)26-18-10-11-20(27-23-15(2)8-7-9-16(23)3)19(13-18)17-12-21(25-4)24(30)28(5)14-17/h1,7-14,25,27H,2-5H3,(H,26,29). The van der Waals surface area contributed by atoms with Crippen LogP contribution in [0, 0.1) is 26.2 Å². The van der Waals surface area contributed by atoms with E-state index >= 15 is 0 Å². The Bertz CT molecular complexity index is 1200. The van der Waals surface area contributed by atoms with Gasteiger partial charge in [-0.2, -0.15) is 0 Å². The molecular formula is C24H24N4O2. The van der Waals surface area contributed by atoms with E-state index in [1.807, 2.05) is 44.2 Å². The average molecular weight is 400 g/mol. The van der Waals surface area contributed by atoms with Crippen LogP contribution in [0.5, 0.6) is 0 Å². The number of amides is 1. The second-order valence-corrected chi connectivity index (χ2v) is 7.06.